The zero-order chi connectivity index (χ0) is 25.2. The van der Waals surface area contributed by atoms with E-state index in [2.05, 4.69) is 24.1 Å². The van der Waals surface area contributed by atoms with Gasteiger partial charge >= 0.3 is 0 Å². The summed E-state index contributed by atoms with van der Waals surface area (Å²) in [7, 11) is 1.62. The predicted octanol–water partition coefficient (Wildman–Crippen LogP) is 5.57. The van der Waals surface area contributed by atoms with Gasteiger partial charge in [-0.05, 0) is 85.6 Å². The Labute approximate surface area is 220 Å². The first-order valence-corrected chi connectivity index (χ1v) is 12.5. The molecule has 0 aliphatic carbocycles. The lowest BCUT2D eigenvalue weighted by atomic mass is 9.91. The van der Waals surface area contributed by atoms with Gasteiger partial charge in [-0.2, -0.15) is 0 Å². The molecule has 0 bridgehead atoms. The van der Waals surface area contributed by atoms with E-state index in [1.807, 2.05) is 0 Å². The number of hydrogen-bond donors (Lipinski definition) is 1. The quantitative estimate of drug-likeness (QED) is 0.369. The second-order valence-corrected chi connectivity index (χ2v) is 9.67. The van der Waals surface area contributed by atoms with E-state index in [0.717, 1.165) is 43.6 Å². The average Bonchev–Trinajstić information content (AvgIpc) is 2.84. The number of likely N-dealkylation sites (tertiary alicyclic amines) is 1. The van der Waals surface area contributed by atoms with Crippen LogP contribution >= 0.6 is 12.4 Å². The van der Waals surface area contributed by atoms with Crippen LogP contribution < -0.4 is 10.1 Å². The highest BCUT2D eigenvalue weighted by atomic mass is 35.5. The number of methoxy groups -OCH3 is 1. The van der Waals surface area contributed by atoms with Gasteiger partial charge in [0.1, 0.15) is 24.0 Å². The summed E-state index contributed by atoms with van der Waals surface area (Å²) >= 11 is 0. The van der Waals surface area contributed by atoms with Crippen molar-refractivity contribution in [1.82, 2.24) is 10.2 Å². The van der Waals surface area contributed by atoms with Crippen molar-refractivity contribution in [1.29, 1.82) is 0 Å². The van der Waals surface area contributed by atoms with Gasteiger partial charge in [-0.15, -0.1) is 12.4 Å². The van der Waals surface area contributed by atoms with Crippen molar-refractivity contribution in [3.05, 3.63) is 65.2 Å². The first kappa shape index (κ1) is 30.0. The fourth-order valence-electron chi connectivity index (χ4n) is 4.61. The number of piperidine rings is 1. The zero-order valence-corrected chi connectivity index (χ0v) is 22.3. The van der Waals surface area contributed by atoms with E-state index >= 15 is 0 Å². The number of nitrogens with zero attached hydrogens (tertiary/aromatic N) is 1. The van der Waals surface area contributed by atoms with Crippen molar-refractivity contribution in [2.75, 3.05) is 40.0 Å². The normalized spacial score (nSPS) is 15.4. The van der Waals surface area contributed by atoms with Gasteiger partial charge in [-0.3, -0.25) is 4.79 Å². The molecule has 1 saturated heterocycles. The zero-order valence-electron chi connectivity index (χ0n) is 21.5. The van der Waals surface area contributed by atoms with Gasteiger partial charge in [0.2, 0.25) is 5.91 Å². The second kappa shape index (κ2) is 15.1. The van der Waals surface area contributed by atoms with Crippen LogP contribution in [0.25, 0.3) is 0 Å². The molecule has 3 rings (SSSR count). The first-order valence-electron chi connectivity index (χ1n) is 12.5. The fraction of sp³-hybridized carbons (Fsp3) is 0.536. The van der Waals surface area contributed by atoms with E-state index in [-0.39, 0.29) is 41.9 Å². The lowest BCUT2D eigenvalue weighted by Crippen LogP contribution is -2.38. The summed E-state index contributed by atoms with van der Waals surface area (Å²) in [5.74, 6) is 0.762. The first-order chi connectivity index (χ1) is 16.9. The number of benzene rings is 2. The molecule has 1 fully saturated rings. The highest BCUT2D eigenvalue weighted by Crippen LogP contribution is 2.26. The lowest BCUT2D eigenvalue weighted by molar-refractivity contribution is -0.123. The fourth-order valence-corrected chi connectivity index (χ4v) is 4.61. The number of amides is 1. The minimum atomic E-state index is -0.276. The third-order valence-corrected chi connectivity index (χ3v) is 6.66. The van der Waals surface area contributed by atoms with E-state index in [0.29, 0.717) is 37.7 Å². The summed E-state index contributed by atoms with van der Waals surface area (Å²) in [4.78, 5) is 15.1. The summed E-state index contributed by atoms with van der Waals surface area (Å²) in [6.45, 7) is 7.68. The van der Waals surface area contributed by atoms with Crippen LogP contribution in [0.1, 0.15) is 50.3 Å². The van der Waals surface area contributed by atoms with Crippen molar-refractivity contribution in [2.24, 2.45) is 11.8 Å². The summed E-state index contributed by atoms with van der Waals surface area (Å²) < 4.78 is 37.9. The monoisotopic (exact) mass is 524 g/mol. The SMILES string of the molecule is COCCOc1ccc(F)cc1CCN1CCC(CC(=O)N[C@@H](c2ccc(F)cc2)C(C)C)CC1.Cl. The minimum Gasteiger partial charge on any atom is -0.491 e. The number of halogens is 3. The maximum atomic E-state index is 13.8. The minimum absolute atomic E-state index is 0. The lowest BCUT2D eigenvalue weighted by Gasteiger charge is -2.32. The van der Waals surface area contributed by atoms with Crippen LogP contribution in [-0.2, 0) is 16.0 Å². The molecule has 0 spiro atoms. The van der Waals surface area contributed by atoms with Crippen LogP contribution in [0.2, 0.25) is 0 Å². The van der Waals surface area contributed by atoms with Gasteiger partial charge in [0.25, 0.3) is 0 Å². The van der Waals surface area contributed by atoms with Gasteiger partial charge in [-0.25, -0.2) is 8.78 Å². The Kier molecular flexibility index (Phi) is 12.6. The van der Waals surface area contributed by atoms with E-state index in [4.69, 9.17) is 9.47 Å². The molecule has 1 aliphatic rings. The molecule has 2 aromatic carbocycles. The molecule has 0 saturated carbocycles. The van der Waals surface area contributed by atoms with Gasteiger partial charge in [-0.1, -0.05) is 26.0 Å². The third kappa shape index (κ3) is 9.34. The van der Waals surface area contributed by atoms with Crippen LogP contribution in [0.15, 0.2) is 42.5 Å². The topological polar surface area (TPSA) is 50.8 Å². The molecule has 0 aromatic heterocycles. The van der Waals surface area contributed by atoms with E-state index in [1.165, 1.54) is 18.2 Å². The molecule has 1 aliphatic heterocycles. The highest BCUT2D eigenvalue weighted by Gasteiger charge is 2.24. The van der Waals surface area contributed by atoms with Crippen molar-refractivity contribution in [3.8, 4) is 5.75 Å². The van der Waals surface area contributed by atoms with Gasteiger partial charge in [0.15, 0.2) is 0 Å². The largest absolute Gasteiger partial charge is 0.491 e. The third-order valence-electron chi connectivity index (χ3n) is 6.66. The molecule has 200 valence electrons. The maximum Gasteiger partial charge on any atom is 0.220 e. The Balaban J connectivity index is 0.00000456. The summed E-state index contributed by atoms with van der Waals surface area (Å²) in [5.41, 5.74) is 1.79. The second-order valence-electron chi connectivity index (χ2n) is 9.67. The van der Waals surface area contributed by atoms with Crippen LogP contribution in [0, 0.1) is 23.5 Å². The molecular weight excluding hydrogens is 486 g/mol. The smallest absolute Gasteiger partial charge is 0.220 e. The Hall–Kier alpha value is -2.22. The molecule has 1 heterocycles. The number of ether oxygens (including phenoxy) is 2. The number of carbonyl (C=O) groups is 1. The van der Waals surface area contributed by atoms with Gasteiger partial charge in [0.05, 0.1) is 12.6 Å². The Morgan fingerprint density at radius 2 is 1.72 bits per heavy atom. The van der Waals surface area contributed by atoms with Crippen LogP contribution in [0.4, 0.5) is 8.78 Å². The average molecular weight is 525 g/mol. The number of hydrogen-bond acceptors (Lipinski definition) is 4. The van der Waals surface area contributed by atoms with E-state index in [1.54, 1.807) is 31.4 Å². The van der Waals surface area contributed by atoms with E-state index in [9.17, 15) is 13.6 Å². The van der Waals surface area contributed by atoms with Crippen molar-refractivity contribution < 1.29 is 23.0 Å². The molecule has 0 unspecified atom stereocenters. The van der Waals surface area contributed by atoms with Crippen molar-refractivity contribution in [3.63, 3.8) is 0 Å². The Morgan fingerprint density at radius 1 is 1.06 bits per heavy atom. The van der Waals surface area contributed by atoms with Crippen molar-refractivity contribution >= 4 is 18.3 Å². The standard InChI is InChI=1S/C28H38F2N2O3.ClH/c1-20(2)28(22-4-6-24(29)7-5-22)31-27(33)18-21-10-13-32(14-11-21)15-12-23-19-25(30)8-9-26(23)35-17-16-34-3;/h4-9,19-21,28H,10-18H2,1-3H3,(H,31,33);1H/t28-;/m1./s1. The van der Waals surface area contributed by atoms with Gasteiger partial charge in [0, 0.05) is 20.1 Å². The van der Waals surface area contributed by atoms with E-state index < -0.39 is 0 Å². The molecule has 1 amide bonds. The number of carbonyl (C=O) groups excluding carboxylic acids is 1. The molecule has 1 N–H and O–H groups in total. The maximum absolute atomic E-state index is 13.8. The molecular formula is C28H39ClF2N2O3. The van der Waals surface area contributed by atoms with Crippen molar-refractivity contribution in [2.45, 2.75) is 45.6 Å². The summed E-state index contributed by atoms with van der Waals surface area (Å²) in [6.07, 6.45) is 3.12. The highest BCUT2D eigenvalue weighted by molar-refractivity contribution is 5.85. The summed E-state index contributed by atoms with van der Waals surface area (Å²) in [6, 6.07) is 10.9. The molecule has 0 radical (unpaired) electrons. The number of rotatable bonds is 12. The molecule has 5 nitrogen and oxygen atoms in total. The van der Waals surface area contributed by atoms with Crippen LogP contribution in [-0.4, -0.2) is 50.8 Å². The number of nitrogens with one attached hydrogen (secondary N) is 1. The molecule has 8 heteroatoms. The molecule has 1 atom stereocenters. The Bertz CT molecular complexity index is 935. The van der Waals surface area contributed by atoms with Gasteiger partial charge < -0.3 is 19.7 Å². The predicted molar refractivity (Wildman–Crippen MR) is 141 cm³/mol. The van der Waals surface area contributed by atoms with Crippen LogP contribution in [0.3, 0.4) is 0 Å². The Morgan fingerprint density at radius 3 is 2.36 bits per heavy atom. The molecule has 2 aromatic rings. The van der Waals surface area contributed by atoms with Crippen LogP contribution in [0.5, 0.6) is 5.75 Å². The summed E-state index contributed by atoms with van der Waals surface area (Å²) in [5, 5.41) is 3.16. The molecule has 36 heavy (non-hydrogen) atoms.